The molecule has 4 rings (SSSR count). The summed E-state index contributed by atoms with van der Waals surface area (Å²) < 4.78 is 27.5. The van der Waals surface area contributed by atoms with Gasteiger partial charge in [0.15, 0.2) is 0 Å². The van der Waals surface area contributed by atoms with Crippen molar-refractivity contribution in [3.05, 3.63) is 64.2 Å². The molecule has 0 radical (unpaired) electrons. The van der Waals surface area contributed by atoms with Crippen LogP contribution in [0.25, 0.3) is 0 Å². The molecule has 31 heavy (non-hydrogen) atoms. The number of anilines is 1. The molecule has 0 spiro atoms. The van der Waals surface area contributed by atoms with E-state index in [9.17, 15) is 23.3 Å². The molecule has 1 unspecified atom stereocenters. The van der Waals surface area contributed by atoms with Crippen molar-refractivity contribution in [1.82, 2.24) is 4.31 Å². The Morgan fingerprint density at radius 2 is 1.74 bits per heavy atom. The Kier molecular flexibility index (Phi) is 6.06. The zero-order valence-electron chi connectivity index (χ0n) is 17.1. The Morgan fingerprint density at radius 1 is 1.00 bits per heavy atom. The van der Waals surface area contributed by atoms with Crippen LogP contribution >= 0.6 is 0 Å². The quantitative estimate of drug-likeness (QED) is 0.533. The van der Waals surface area contributed by atoms with Crippen LogP contribution in [0.3, 0.4) is 0 Å². The van der Waals surface area contributed by atoms with Crippen LogP contribution in [0, 0.1) is 16.0 Å². The number of fused-ring (bicyclic) bond motifs is 1. The van der Waals surface area contributed by atoms with Gasteiger partial charge in [-0.3, -0.25) is 14.9 Å². The molecule has 0 N–H and O–H groups in total. The number of sulfonamides is 1. The minimum Gasteiger partial charge on any atom is -0.312 e. The van der Waals surface area contributed by atoms with Gasteiger partial charge in [0.25, 0.3) is 5.69 Å². The third-order valence-corrected chi connectivity index (χ3v) is 7.92. The van der Waals surface area contributed by atoms with E-state index >= 15 is 0 Å². The van der Waals surface area contributed by atoms with Crippen LogP contribution < -0.4 is 4.90 Å². The van der Waals surface area contributed by atoms with E-state index in [0.29, 0.717) is 25.9 Å². The third-order valence-electron chi connectivity index (χ3n) is 6.04. The number of rotatable bonds is 4. The number of carbonyl (C=O) groups is 1. The van der Waals surface area contributed by atoms with E-state index in [4.69, 9.17) is 0 Å². The molecule has 2 aromatic rings. The van der Waals surface area contributed by atoms with Crippen LogP contribution in [-0.4, -0.2) is 43.2 Å². The first kappa shape index (κ1) is 21.5. The SMILES string of the molecule is O=C(C1CCCN(S(=O)(=O)c2ccc([N+](=O)[O-])cc2)C1)N1CCCCc2ccccc21. The molecule has 0 saturated carbocycles. The number of nitro groups is 1. The van der Waals surface area contributed by atoms with E-state index in [-0.39, 0.29) is 23.0 Å². The van der Waals surface area contributed by atoms with Crippen molar-refractivity contribution in [2.24, 2.45) is 5.92 Å². The first-order valence-electron chi connectivity index (χ1n) is 10.5. The van der Waals surface area contributed by atoms with Gasteiger partial charge in [-0.05, 0) is 55.9 Å². The summed E-state index contributed by atoms with van der Waals surface area (Å²) in [5.74, 6) is -0.439. The second-order valence-electron chi connectivity index (χ2n) is 8.03. The summed E-state index contributed by atoms with van der Waals surface area (Å²) in [7, 11) is -3.83. The number of non-ortho nitro benzene ring substituents is 1. The second kappa shape index (κ2) is 8.76. The molecular weight excluding hydrogens is 418 g/mol. The number of hydrogen-bond donors (Lipinski definition) is 0. The Hall–Kier alpha value is -2.78. The maximum atomic E-state index is 13.4. The van der Waals surface area contributed by atoms with Gasteiger partial charge in [0.1, 0.15) is 0 Å². The number of para-hydroxylation sites is 1. The van der Waals surface area contributed by atoms with E-state index in [1.54, 1.807) is 0 Å². The van der Waals surface area contributed by atoms with Crippen molar-refractivity contribution < 1.29 is 18.1 Å². The molecule has 9 heteroatoms. The first-order chi connectivity index (χ1) is 14.9. The van der Waals surface area contributed by atoms with Gasteiger partial charge in [0, 0.05) is 37.5 Å². The van der Waals surface area contributed by atoms with E-state index in [2.05, 4.69) is 0 Å². The van der Waals surface area contributed by atoms with Crippen molar-refractivity contribution in [3.63, 3.8) is 0 Å². The summed E-state index contributed by atoms with van der Waals surface area (Å²) in [6.45, 7) is 1.10. The first-order valence-corrected chi connectivity index (χ1v) is 12.0. The summed E-state index contributed by atoms with van der Waals surface area (Å²) in [5.41, 5.74) is 1.92. The van der Waals surface area contributed by atoms with Gasteiger partial charge < -0.3 is 4.90 Å². The minimum atomic E-state index is -3.83. The standard InChI is InChI=1S/C22H25N3O5S/c26-22(24-15-4-3-7-17-6-1-2-9-21(17)24)18-8-5-14-23(16-18)31(29,30)20-12-10-19(11-13-20)25(27)28/h1-2,6,9-13,18H,3-5,7-8,14-16H2. The highest BCUT2D eigenvalue weighted by Gasteiger charge is 2.36. The van der Waals surface area contributed by atoms with Gasteiger partial charge >= 0.3 is 0 Å². The molecular formula is C22H25N3O5S. The minimum absolute atomic E-state index is 0.00585. The van der Waals surface area contributed by atoms with E-state index in [0.717, 1.165) is 30.5 Å². The fraction of sp³-hybridized carbons (Fsp3) is 0.409. The highest BCUT2D eigenvalue weighted by atomic mass is 32.2. The summed E-state index contributed by atoms with van der Waals surface area (Å²) in [6, 6.07) is 12.8. The topological polar surface area (TPSA) is 101 Å². The highest BCUT2D eigenvalue weighted by Crippen LogP contribution is 2.31. The number of aryl methyl sites for hydroxylation is 1. The Balaban J connectivity index is 1.54. The summed E-state index contributed by atoms with van der Waals surface area (Å²) in [5, 5.41) is 10.8. The number of piperidine rings is 1. The molecule has 0 aliphatic carbocycles. The van der Waals surface area contributed by atoms with Crippen LogP contribution in [0.15, 0.2) is 53.4 Å². The zero-order valence-corrected chi connectivity index (χ0v) is 18.0. The molecule has 8 nitrogen and oxygen atoms in total. The largest absolute Gasteiger partial charge is 0.312 e. The average molecular weight is 444 g/mol. The molecule has 1 amide bonds. The number of carbonyl (C=O) groups excluding carboxylic acids is 1. The van der Waals surface area contributed by atoms with Crippen molar-refractivity contribution in [2.75, 3.05) is 24.5 Å². The molecule has 0 aromatic heterocycles. The van der Waals surface area contributed by atoms with E-state index in [1.807, 2.05) is 29.2 Å². The molecule has 164 valence electrons. The number of amides is 1. The van der Waals surface area contributed by atoms with Crippen LogP contribution in [-0.2, 0) is 21.2 Å². The molecule has 1 saturated heterocycles. The smallest absolute Gasteiger partial charge is 0.269 e. The lowest BCUT2D eigenvalue weighted by molar-refractivity contribution is -0.384. The van der Waals surface area contributed by atoms with Gasteiger partial charge in [0.05, 0.1) is 15.7 Å². The zero-order chi connectivity index (χ0) is 22.0. The third kappa shape index (κ3) is 4.33. The lowest BCUT2D eigenvalue weighted by Gasteiger charge is -2.34. The normalized spacial score (nSPS) is 20.0. The molecule has 2 aliphatic heterocycles. The maximum absolute atomic E-state index is 13.4. The van der Waals surface area contributed by atoms with Gasteiger partial charge in [0.2, 0.25) is 15.9 Å². The van der Waals surface area contributed by atoms with Crippen LogP contribution in [0.1, 0.15) is 31.2 Å². The van der Waals surface area contributed by atoms with Gasteiger partial charge in [-0.1, -0.05) is 18.2 Å². The molecule has 0 bridgehead atoms. The Labute approximate surface area is 181 Å². The summed E-state index contributed by atoms with van der Waals surface area (Å²) >= 11 is 0. The predicted molar refractivity (Wildman–Crippen MR) is 116 cm³/mol. The van der Waals surface area contributed by atoms with Gasteiger partial charge in [-0.15, -0.1) is 0 Å². The second-order valence-corrected chi connectivity index (χ2v) is 9.97. The maximum Gasteiger partial charge on any atom is 0.269 e. The molecule has 2 aromatic carbocycles. The summed E-state index contributed by atoms with van der Waals surface area (Å²) in [4.78, 5) is 25.5. The monoisotopic (exact) mass is 443 g/mol. The van der Waals surface area contributed by atoms with Crippen LogP contribution in [0.2, 0.25) is 0 Å². The predicted octanol–water partition coefficient (Wildman–Crippen LogP) is 3.37. The number of benzene rings is 2. The Bertz CT molecular complexity index is 1080. The van der Waals surface area contributed by atoms with Crippen molar-refractivity contribution >= 4 is 27.3 Å². The van der Waals surface area contributed by atoms with Crippen molar-refractivity contribution in [2.45, 2.75) is 37.0 Å². The van der Waals surface area contributed by atoms with Crippen molar-refractivity contribution in [1.29, 1.82) is 0 Å². The number of nitrogens with zero attached hydrogens (tertiary/aromatic N) is 3. The fourth-order valence-corrected chi connectivity index (χ4v) is 5.92. The molecule has 1 fully saturated rings. The molecule has 2 aliphatic rings. The fourth-order valence-electron chi connectivity index (χ4n) is 4.39. The lowest BCUT2D eigenvalue weighted by atomic mass is 9.97. The number of nitro benzene ring substituents is 1. The number of hydrogen-bond acceptors (Lipinski definition) is 5. The summed E-state index contributed by atoms with van der Waals surface area (Å²) in [6.07, 6.45) is 4.11. The Morgan fingerprint density at radius 3 is 2.48 bits per heavy atom. The van der Waals surface area contributed by atoms with Crippen LogP contribution in [0.4, 0.5) is 11.4 Å². The lowest BCUT2D eigenvalue weighted by Crippen LogP contribution is -2.47. The van der Waals surface area contributed by atoms with Crippen LogP contribution in [0.5, 0.6) is 0 Å². The van der Waals surface area contributed by atoms with Crippen molar-refractivity contribution in [3.8, 4) is 0 Å². The van der Waals surface area contributed by atoms with E-state index < -0.39 is 20.9 Å². The van der Waals surface area contributed by atoms with Gasteiger partial charge in [-0.25, -0.2) is 8.42 Å². The van der Waals surface area contributed by atoms with Gasteiger partial charge in [-0.2, -0.15) is 4.31 Å². The molecule has 1 atom stereocenters. The molecule has 2 heterocycles. The average Bonchev–Trinajstić information content (AvgIpc) is 3.01. The van der Waals surface area contributed by atoms with E-state index in [1.165, 1.54) is 28.6 Å². The highest BCUT2D eigenvalue weighted by molar-refractivity contribution is 7.89.